The smallest absolute Gasteiger partial charge is 0.325 e. The summed E-state index contributed by atoms with van der Waals surface area (Å²) in [6.45, 7) is 2.05. The molecule has 0 radical (unpaired) electrons. The molecule has 1 aromatic heterocycles. The van der Waals surface area contributed by atoms with Gasteiger partial charge in [0.05, 0.1) is 25.4 Å². The molecule has 1 aliphatic rings. The van der Waals surface area contributed by atoms with Crippen LogP contribution in [-0.2, 0) is 39.2 Å². The van der Waals surface area contributed by atoms with Crippen molar-refractivity contribution in [2.24, 2.45) is 7.05 Å². The number of carbonyl (C=O) groups is 2. The van der Waals surface area contributed by atoms with E-state index in [-0.39, 0.29) is 38.5 Å². The lowest BCUT2D eigenvalue weighted by atomic mass is 9.98. The van der Waals surface area contributed by atoms with Crippen LogP contribution >= 0.6 is 11.8 Å². The first-order valence-corrected chi connectivity index (χ1v) is 15.7. The number of nitrogens with zero attached hydrogens (tertiary/aromatic N) is 3. The van der Waals surface area contributed by atoms with Crippen molar-refractivity contribution in [3.63, 3.8) is 0 Å². The summed E-state index contributed by atoms with van der Waals surface area (Å²) < 4.78 is 19.7. The molecule has 12 heteroatoms. The number of benzene rings is 3. The molecule has 5 rings (SSSR count). The van der Waals surface area contributed by atoms with E-state index in [1.165, 1.54) is 0 Å². The molecule has 11 nitrogen and oxygen atoms in total. The fraction of sp³-hybridized carbons (Fsp3) is 0.333. The first-order valence-electron chi connectivity index (χ1n) is 14.8. The van der Waals surface area contributed by atoms with E-state index in [4.69, 9.17) is 14.2 Å². The largest absolute Gasteiger partial charge is 0.465 e. The van der Waals surface area contributed by atoms with Crippen LogP contribution in [0.3, 0.4) is 0 Å². The van der Waals surface area contributed by atoms with Crippen LogP contribution in [-0.4, -0.2) is 56.9 Å². The van der Waals surface area contributed by atoms with Crippen LogP contribution in [0.5, 0.6) is 0 Å². The van der Waals surface area contributed by atoms with E-state index in [0.29, 0.717) is 12.2 Å². The van der Waals surface area contributed by atoms with Gasteiger partial charge in [-0.3, -0.25) is 4.79 Å². The van der Waals surface area contributed by atoms with Gasteiger partial charge in [0, 0.05) is 31.3 Å². The highest BCUT2D eigenvalue weighted by atomic mass is 32.2. The van der Waals surface area contributed by atoms with Crippen molar-refractivity contribution in [1.29, 1.82) is 0 Å². The molecule has 2 amide bonds. The Bertz CT molecular complexity index is 1560. The normalized spacial score (nSPS) is 17.9. The molecule has 3 N–H and O–H groups in total. The Morgan fingerprint density at radius 2 is 1.78 bits per heavy atom. The molecular formula is C33H37N5O6S. The van der Waals surface area contributed by atoms with Crippen LogP contribution in [0.15, 0.2) is 84.3 Å². The molecule has 3 unspecified atom stereocenters. The third-order valence-corrected chi connectivity index (χ3v) is 8.50. The van der Waals surface area contributed by atoms with Crippen molar-refractivity contribution < 1.29 is 28.9 Å². The molecule has 1 fully saturated rings. The molecule has 0 saturated carbocycles. The third kappa shape index (κ3) is 8.70. The van der Waals surface area contributed by atoms with E-state index in [2.05, 4.69) is 20.8 Å². The van der Waals surface area contributed by atoms with Crippen LogP contribution in [0.1, 0.15) is 48.0 Å². The van der Waals surface area contributed by atoms with Crippen molar-refractivity contribution in [3.05, 3.63) is 101 Å². The van der Waals surface area contributed by atoms with E-state index in [0.717, 1.165) is 38.5 Å². The van der Waals surface area contributed by atoms with Crippen molar-refractivity contribution in [2.75, 3.05) is 18.9 Å². The quantitative estimate of drug-likeness (QED) is 0.150. The number of nitrogens with one attached hydrogen (secondary N) is 2. The van der Waals surface area contributed by atoms with E-state index in [9.17, 15) is 14.7 Å². The number of aliphatic hydroxyl groups excluding tert-OH is 1. The van der Waals surface area contributed by atoms with E-state index in [1.807, 2.05) is 84.4 Å². The number of ether oxygens (including phenoxy) is 3. The Balaban J connectivity index is 1.28. The summed E-state index contributed by atoms with van der Waals surface area (Å²) >= 11 is 1.59. The Hall–Kier alpha value is -4.23. The van der Waals surface area contributed by atoms with Gasteiger partial charge >= 0.3 is 12.0 Å². The monoisotopic (exact) mass is 631 g/mol. The van der Waals surface area contributed by atoms with Crippen LogP contribution in [0.25, 0.3) is 11.1 Å². The second-order valence-electron chi connectivity index (χ2n) is 10.5. The number of aryl methyl sites for hydroxylation is 1. The van der Waals surface area contributed by atoms with Crippen LogP contribution in [0.2, 0.25) is 0 Å². The van der Waals surface area contributed by atoms with Gasteiger partial charge in [-0.05, 0) is 34.7 Å². The lowest BCUT2D eigenvalue weighted by molar-refractivity contribution is -0.245. The summed E-state index contributed by atoms with van der Waals surface area (Å²) in [5, 5.41) is 23.8. The van der Waals surface area contributed by atoms with E-state index >= 15 is 0 Å². The Morgan fingerprint density at radius 1 is 1.02 bits per heavy atom. The average molecular weight is 632 g/mol. The zero-order valence-corrected chi connectivity index (χ0v) is 26.0. The van der Waals surface area contributed by atoms with Gasteiger partial charge in [-0.15, -0.1) is 10.2 Å². The van der Waals surface area contributed by atoms with Gasteiger partial charge in [-0.25, -0.2) is 4.79 Å². The maximum atomic E-state index is 12.2. The SMILES string of the molecule is CCOC(=O)CNC(=O)NCc1ccccc1-c1ccc(C2OC(CSc3nncn3C)CC(c3ccc(CO)cc3)O2)cc1. The van der Waals surface area contributed by atoms with Crippen molar-refractivity contribution in [1.82, 2.24) is 25.4 Å². The summed E-state index contributed by atoms with van der Waals surface area (Å²) in [7, 11) is 1.91. The van der Waals surface area contributed by atoms with Crippen LogP contribution < -0.4 is 10.6 Å². The van der Waals surface area contributed by atoms with Gasteiger partial charge in [0.2, 0.25) is 0 Å². The zero-order chi connectivity index (χ0) is 31.6. The summed E-state index contributed by atoms with van der Waals surface area (Å²) in [6.07, 6.45) is 1.47. The molecule has 0 aliphatic carbocycles. The number of rotatable bonds is 12. The number of thioether (sulfide) groups is 1. The molecular weight excluding hydrogens is 594 g/mol. The molecule has 0 spiro atoms. The number of carbonyl (C=O) groups excluding carboxylic acids is 2. The highest BCUT2D eigenvalue weighted by Gasteiger charge is 2.32. The van der Waals surface area contributed by atoms with Gasteiger partial charge in [0.25, 0.3) is 0 Å². The molecule has 45 heavy (non-hydrogen) atoms. The second kappa shape index (κ2) is 15.7. The Labute approximate surface area is 266 Å². The Kier molecular flexibility index (Phi) is 11.2. The highest BCUT2D eigenvalue weighted by Crippen LogP contribution is 2.39. The first-order chi connectivity index (χ1) is 21.9. The lowest BCUT2D eigenvalue weighted by Gasteiger charge is -2.36. The fourth-order valence-electron chi connectivity index (χ4n) is 4.97. The van der Waals surface area contributed by atoms with Crippen molar-refractivity contribution >= 4 is 23.8 Å². The standard InChI is InChI=1S/C33H37N5O6S/c1-3-42-30(40)18-35-32(41)34-17-26-6-4-5-7-28(26)23-12-14-25(15-13-23)31-43-27(20-45-33-37-36-21-38(33)2)16-29(44-31)24-10-8-22(19-39)9-11-24/h4-15,21,27,29,31,39H,3,16-20H2,1-2H3,(H2,34,35,41). The number of aromatic nitrogens is 3. The molecule has 0 bridgehead atoms. The predicted octanol–water partition coefficient (Wildman–Crippen LogP) is 4.67. The van der Waals surface area contributed by atoms with Gasteiger partial charge in [0.15, 0.2) is 11.4 Å². The van der Waals surface area contributed by atoms with Gasteiger partial charge < -0.3 is 34.5 Å². The van der Waals surface area contributed by atoms with Crippen LogP contribution in [0, 0.1) is 0 Å². The molecule has 236 valence electrons. The summed E-state index contributed by atoms with van der Waals surface area (Å²) in [5.74, 6) is 0.198. The predicted molar refractivity (Wildman–Crippen MR) is 169 cm³/mol. The number of hydrogen-bond donors (Lipinski definition) is 3. The van der Waals surface area contributed by atoms with Gasteiger partial charge in [-0.2, -0.15) is 0 Å². The van der Waals surface area contributed by atoms with Gasteiger partial charge in [0.1, 0.15) is 12.9 Å². The minimum absolute atomic E-state index is 0.0112. The molecule has 3 atom stereocenters. The minimum atomic E-state index is -0.583. The number of esters is 1. The van der Waals surface area contributed by atoms with Crippen molar-refractivity contribution in [2.45, 2.75) is 50.2 Å². The molecule has 4 aromatic rings. The van der Waals surface area contributed by atoms with E-state index < -0.39 is 18.3 Å². The molecule has 1 saturated heterocycles. The minimum Gasteiger partial charge on any atom is -0.465 e. The summed E-state index contributed by atoms with van der Waals surface area (Å²) in [6, 6.07) is 23.2. The third-order valence-electron chi connectivity index (χ3n) is 7.33. The van der Waals surface area contributed by atoms with E-state index in [1.54, 1.807) is 25.0 Å². The summed E-state index contributed by atoms with van der Waals surface area (Å²) in [4.78, 5) is 23.8. The average Bonchev–Trinajstić information content (AvgIpc) is 3.50. The molecule has 1 aliphatic heterocycles. The second-order valence-corrected chi connectivity index (χ2v) is 11.5. The summed E-state index contributed by atoms with van der Waals surface area (Å²) in [5.41, 5.74) is 5.63. The molecule has 3 aromatic carbocycles. The number of urea groups is 1. The Morgan fingerprint density at radius 3 is 2.49 bits per heavy atom. The fourth-order valence-corrected chi connectivity index (χ4v) is 5.88. The number of amides is 2. The first kappa shape index (κ1) is 32.2. The number of aliphatic hydroxyl groups is 1. The highest BCUT2D eigenvalue weighted by molar-refractivity contribution is 7.99. The molecule has 2 heterocycles. The maximum absolute atomic E-state index is 12.2. The maximum Gasteiger partial charge on any atom is 0.325 e. The van der Waals surface area contributed by atoms with Crippen LogP contribution in [0.4, 0.5) is 4.79 Å². The van der Waals surface area contributed by atoms with Gasteiger partial charge in [-0.1, -0.05) is 84.6 Å². The topological polar surface area (TPSA) is 137 Å². The lowest BCUT2D eigenvalue weighted by Crippen LogP contribution is -2.38. The number of hydrogen-bond acceptors (Lipinski definition) is 9. The zero-order valence-electron chi connectivity index (χ0n) is 25.2. The van der Waals surface area contributed by atoms with Crippen molar-refractivity contribution in [3.8, 4) is 11.1 Å².